The number of aliphatic carboxylic acids is 1. The molecule has 0 aliphatic carbocycles. The second-order valence-corrected chi connectivity index (χ2v) is 4.16. The summed E-state index contributed by atoms with van der Waals surface area (Å²) in [6.45, 7) is 5.65. The number of hydrogen-bond donors (Lipinski definition) is 2. The summed E-state index contributed by atoms with van der Waals surface area (Å²) in [7, 11) is 1.59. The molecule has 0 aliphatic heterocycles. The molecule has 2 amide bonds. The van der Waals surface area contributed by atoms with Crippen LogP contribution in [0.2, 0.25) is 0 Å². The zero-order chi connectivity index (χ0) is 14.5. The minimum Gasteiger partial charge on any atom is -0.481 e. The van der Waals surface area contributed by atoms with Crippen molar-refractivity contribution in [2.24, 2.45) is 0 Å². The summed E-state index contributed by atoms with van der Waals surface area (Å²) < 4.78 is 4.94. The number of hydrogen-bond acceptors (Lipinski definition) is 3. The van der Waals surface area contributed by atoms with Gasteiger partial charge in [0, 0.05) is 33.2 Å². The summed E-state index contributed by atoms with van der Waals surface area (Å²) >= 11 is 0. The lowest BCUT2D eigenvalue weighted by Crippen LogP contribution is -2.42. The maximum atomic E-state index is 11.8. The molecule has 0 rings (SSSR count). The number of carbonyl (C=O) groups excluding carboxylic acids is 1. The summed E-state index contributed by atoms with van der Waals surface area (Å²) in [5.41, 5.74) is 0. The average Bonchev–Trinajstić information content (AvgIpc) is 2.38. The standard InChI is InChI=1S/C13H24N2O4/c1-3-9-15(10-11-19-2)13(18)14-8-6-4-5-7-12(16)17/h3H,1,4-11H2,2H3,(H,14,18)(H,16,17). The van der Waals surface area contributed by atoms with E-state index in [1.54, 1.807) is 18.1 Å². The van der Waals surface area contributed by atoms with Crippen LogP contribution >= 0.6 is 0 Å². The van der Waals surface area contributed by atoms with Gasteiger partial charge in [0.15, 0.2) is 0 Å². The van der Waals surface area contributed by atoms with E-state index in [0.717, 1.165) is 12.8 Å². The quantitative estimate of drug-likeness (QED) is 0.441. The number of nitrogens with one attached hydrogen (secondary N) is 1. The van der Waals surface area contributed by atoms with Gasteiger partial charge in [-0.1, -0.05) is 12.5 Å². The smallest absolute Gasteiger partial charge is 0.317 e. The van der Waals surface area contributed by atoms with E-state index in [2.05, 4.69) is 11.9 Å². The monoisotopic (exact) mass is 272 g/mol. The van der Waals surface area contributed by atoms with Crippen molar-refractivity contribution < 1.29 is 19.4 Å². The Kier molecular flexibility index (Phi) is 10.6. The van der Waals surface area contributed by atoms with E-state index in [9.17, 15) is 9.59 Å². The van der Waals surface area contributed by atoms with Crippen LogP contribution in [0.25, 0.3) is 0 Å². The highest BCUT2D eigenvalue weighted by Gasteiger charge is 2.10. The predicted molar refractivity (Wildman–Crippen MR) is 73.1 cm³/mol. The van der Waals surface area contributed by atoms with Gasteiger partial charge in [-0.15, -0.1) is 6.58 Å². The van der Waals surface area contributed by atoms with Crippen molar-refractivity contribution in [1.29, 1.82) is 0 Å². The van der Waals surface area contributed by atoms with Gasteiger partial charge in [-0.25, -0.2) is 4.79 Å². The molecular weight excluding hydrogens is 248 g/mol. The van der Waals surface area contributed by atoms with Crippen LogP contribution in [-0.2, 0) is 9.53 Å². The number of carboxylic acids is 1. The highest BCUT2D eigenvalue weighted by atomic mass is 16.5. The molecule has 2 N–H and O–H groups in total. The minimum absolute atomic E-state index is 0.143. The van der Waals surface area contributed by atoms with Gasteiger partial charge in [0.25, 0.3) is 0 Å². The lowest BCUT2D eigenvalue weighted by Gasteiger charge is -2.21. The summed E-state index contributed by atoms with van der Waals surface area (Å²) in [5.74, 6) is -0.777. The van der Waals surface area contributed by atoms with E-state index in [0.29, 0.717) is 32.7 Å². The molecule has 0 aromatic heterocycles. The molecule has 0 saturated heterocycles. The van der Waals surface area contributed by atoms with Crippen molar-refractivity contribution in [3.8, 4) is 0 Å². The number of carboxylic acid groups (broad SMARTS) is 1. The Morgan fingerprint density at radius 3 is 2.68 bits per heavy atom. The predicted octanol–water partition coefficient (Wildman–Crippen LogP) is 1.48. The Balaban J connectivity index is 3.73. The lowest BCUT2D eigenvalue weighted by atomic mass is 10.2. The highest BCUT2D eigenvalue weighted by Crippen LogP contribution is 1.99. The van der Waals surface area contributed by atoms with Crippen LogP contribution in [0.15, 0.2) is 12.7 Å². The molecular formula is C13H24N2O4. The molecule has 0 fully saturated rings. The molecule has 0 aromatic carbocycles. The maximum absolute atomic E-state index is 11.8. The molecule has 0 saturated carbocycles. The van der Waals surface area contributed by atoms with Gasteiger partial charge in [-0.05, 0) is 12.8 Å². The second kappa shape index (κ2) is 11.5. The number of ether oxygens (including phenoxy) is 1. The molecule has 0 spiro atoms. The lowest BCUT2D eigenvalue weighted by molar-refractivity contribution is -0.137. The second-order valence-electron chi connectivity index (χ2n) is 4.16. The third-order valence-electron chi connectivity index (χ3n) is 2.55. The van der Waals surface area contributed by atoms with Gasteiger partial charge in [0.1, 0.15) is 0 Å². The summed E-state index contributed by atoms with van der Waals surface area (Å²) in [6, 6.07) is -0.143. The van der Waals surface area contributed by atoms with E-state index >= 15 is 0 Å². The fourth-order valence-electron chi connectivity index (χ4n) is 1.52. The molecule has 0 bridgehead atoms. The first-order valence-electron chi connectivity index (χ1n) is 6.46. The topological polar surface area (TPSA) is 78.9 Å². The van der Waals surface area contributed by atoms with Gasteiger partial charge in [-0.2, -0.15) is 0 Å². The molecule has 0 radical (unpaired) electrons. The normalized spacial score (nSPS) is 9.95. The minimum atomic E-state index is -0.777. The first kappa shape index (κ1) is 17.4. The zero-order valence-corrected chi connectivity index (χ0v) is 11.6. The highest BCUT2D eigenvalue weighted by molar-refractivity contribution is 5.74. The van der Waals surface area contributed by atoms with Crippen LogP contribution < -0.4 is 5.32 Å². The van der Waals surface area contributed by atoms with Gasteiger partial charge in [0.2, 0.25) is 0 Å². The van der Waals surface area contributed by atoms with Crippen molar-refractivity contribution in [2.45, 2.75) is 25.7 Å². The van der Waals surface area contributed by atoms with Crippen LogP contribution in [0.3, 0.4) is 0 Å². The number of nitrogens with zero attached hydrogens (tertiary/aromatic N) is 1. The Labute approximate surface area is 114 Å². The number of carbonyl (C=O) groups is 2. The zero-order valence-electron chi connectivity index (χ0n) is 11.6. The van der Waals surface area contributed by atoms with E-state index in [4.69, 9.17) is 9.84 Å². The molecule has 19 heavy (non-hydrogen) atoms. The summed E-state index contributed by atoms with van der Waals surface area (Å²) in [5, 5.41) is 11.3. The number of methoxy groups -OCH3 is 1. The van der Waals surface area contributed by atoms with Crippen molar-refractivity contribution in [2.75, 3.05) is 33.4 Å². The van der Waals surface area contributed by atoms with E-state index in [-0.39, 0.29) is 12.5 Å². The molecule has 0 aromatic rings. The van der Waals surface area contributed by atoms with Gasteiger partial charge >= 0.3 is 12.0 Å². The molecule has 0 aliphatic rings. The number of amides is 2. The van der Waals surface area contributed by atoms with Crippen molar-refractivity contribution in [3.05, 3.63) is 12.7 Å². The van der Waals surface area contributed by atoms with Gasteiger partial charge < -0.3 is 20.1 Å². The van der Waals surface area contributed by atoms with Crippen LogP contribution in [-0.4, -0.2) is 55.4 Å². The Hall–Kier alpha value is -1.56. The van der Waals surface area contributed by atoms with E-state index in [1.165, 1.54) is 0 Å². The number of unbranched alkanes of at least 4 members (excludes halogenated alkanes) is 2. The average molecular weight is 272 g/mol. The Bertz CT molecular complexity index is 282. The molecule has 6 nitrogen and oxygen atoms in total. The Morgan fingerprint density at radius 2 is 2.11 bits per heavy atom. The fourth-order valence-corrected chi connectivity index (χ4v) is 1.52. The molecule has 0 atom stereocenters. The molecule has 0 unspecified atom stereocenters. The third-order valence-corrected chi connectivity index (χ3v) is 2.55. The summed E-state index contributed by atoms with van der Waals surface area (Å²) in [6.07, 6.45) is 4.08. The van der Waals surface area contributed by atoms with Gasteiger partial charge in [0.05, 0.1) is 6.61 Å². The molecule has 110 valence electrons. The van der Waals surface area contributed by atoms with Crippen LogP contribution in [0.1, 0.15) is 25.7 Å². The van der Waals surface area contributed by atoms with Crippen LogP contribution in [0.5, 0.6) is 0 Å². The SMILES string of the molecule is C=CCN(CCOC)C(=O)NCCCCCC(=O)O. The van der Waals surface area contributed by atoms with Crippen LogP contribution in [0, 0.1) is 0 Å². The number of rotatable bonds is 11. The first-order valence-corrected chi connectivity index (χ1v) is 6.46. The maximum Gasteiger partial charge on any atom is 0.317 e. The van der Waals surface area contributed by atoms with Crippen molar-refractivity contribution in [1.82, 2.24) is 10.2 Å². The fraction of sp³-hybridized carbons (Fsp3) is 0.692. The van der Waals surface area contributed by atoms with Crippen molar-refractivity contribution >= 4 is 12.0 Å². The first-order chi connectivity index (χ1) is 9.11. The molecule has 6 heteroatoms. The largest absolute Gasteiger partial charge is 0.481 e. The summed E-state index contributed by atoms with van der Waals surface area (Å²) in [4.78, 5) is 23.7. The molecule has 0 heterocycles. The third kappa shape index (κ3) is 10.1. The number of urea groups is 1. The van der Waals surface area contributed by atoms with E-state index < -0.39 is 5.97 Å². The Morgan fingerprint density at radius 1 is 1.37 bits per heavy atom. The van der Waals surface area contributed by atoms with Crippen LogP contribution in [0.4, 0.5) is 4.79 Å². The van der Waals surface area contributed by atoms with Gasteiger partial charge in [-0.3, -0.25) is 4.79 Å². The van der Waals surface area contributed by atoms with E-state index in [1.807, 2.05) is 0 Å². The van der Waals surface area contributed by atoms with Crippen molar-refractivity contribution in [3.63, 3.8) is 0 Å².